The first-order valence-corrected chi connectivity index (χ1v) is 12.4. The van der Waals surface area contributed by atoms with Crippen LogP contribution in [0.1, 0.15) is 57.9 Å². The van der Waals surface area contributed by atoms with Crippen LogP contribution in [-0.2, 0) is 16.6 Å². The molecular formula is C23H35N3O3S. The number of para-hydroxylation sites is 1. The van der Waals surface area contributed by atoms with Crippen LogP contribution in [0, 0.1) is 0 Å². The molecule has 0 radical (unpaired) electrons. The minimum Gasteiger partial charge on any atom is -0.454 e. The number of nitrogens with one attached hydrogen (secondary N) is 2. The van der Waals surface area contributed by atoms with Crippen molar-refractivity contribution in [1.82, 2.24) is 5.32 Å². The van der Waals surface area contributed by atoms with Crippen molar-refractivity contribution in [2.75, 3.05) is 18.4 Å². The van der Waals surface area contributed by atoms with Crippen molar-refractivity contribution in [3.8, 4) is 11.5 Å². The summed E-state index contributed by atoms with van der Waals surface area (Å²) in [7, 11) is -3.96. The molecule has 0 aliphatic heterocycles. The predicted octanol–water partition coefficient (Wildman–Crippen LogP) is 5.01. The van der Waals surface area contributed by atoms with E-state index < -0.39 is 10.0 Å². The fraction of sp³-hybridized carbons (Fsp3) is 0.478. The summed E-state index contributed by atoms with van der Waals surface area (Å²) in [6.07, 6.45) is 6.73. The maximum atomic E-state index is 12.4. The molecule has 0 atom stereocenters. The number of ether oxygens (including phenoxy) is 1. The fourth-order valence-corrected chi connectivity index (χ4v) is 3.85. The van der Waals surface area contributed by atoms with Crippen LogP contribution in [0.2, 0.25) is 0 Å². The van der Waals surface area contributed by atoms with Gasteiger partial charge in [0.25, 0.3) is 0 Å². The standard InChI is InChI=1S/C23H35N3O3S/c1-3-5-7-11-14-25-18-19-16-21(26-15-6-4-2)23(22(17-19)30(24,27)28)29-20-12-9-8-10-13-20/h8-10,12-13,16-17,25-26H,3-7,11,14-15,18H2,1-2H3,(H2,24,27,28). The lowest BCUT2D eigenvalue weighted by molar-refractivity contribution is 0.468. The number of unbranched alkanes of at least 4 members (excludes halogenated alkanes) is 4. The van der Waals surface area contributed by atoms with Crippen LogP contribution in [0.25, 0.3) is 0 Å². The Labute approximate surface area is 181 Å². The van der Waals surface area contributed by atoms with E-state index in [2.05, 4.69) is 24.5 Å². The van der Waals surface area contributed by atoms with Crippen molar-refractivity contribution in [3.63, 3.8) is 0 Å². The van der Waals surface area contributed by atoms with Gasteiger partial charge in [0.1, 0.15) is 10.6 Å². The summed E-state index contributed by atoms with van der Waals surface area (Å²) in [4.78, 5) is -0.00404. The van der Waals surface area contributed by atoms with Crippen molar-refractivity contribution in [2.45, 2.75) is 63.8 Å². The number of nitrogens with two attached hydrogens (primary N) is 1. The quantitative estimate of drug-likeness (QED) is 0.364. The molecule has 0 unspecified atom stereocenters. The molecule has 7 heteroatoms. The SMILES string of the molecule is CCCCCCNCc1cc(NCCCC)c(Oc2ccccc2)c(S(N)(=O)=O)c1. The molecule has 0 heterocycles. The normalized spacial score (nSPS) is 11.4. The summed E-state index contributed by atoms with van der Waals surface area (Å²) in [5, 5.41) is 12.3. The molecule has 4 N–H and O–H groups in total. The third kappa shape index (κ3) is 7.97. The fourth-order valence-electron chi connectivity index (χ4n) is 3.12. The molecule has 2 aromatic rings. The average molecular weight is 434 g/mol. The van der Waals surface area contributed by atoms with E-state index >= 15 is 0 Å². The number of hydrogen-bond donors (Lipinski definition) is 3. The molecule has 0 aromatic heterocycles. The Hall–Kier alpha value is -2.09. The van der Waals surface area contributed by atoms with Gasteiger partial charge in [0.15, 0.2) is 5.75 Å². The van der Waals surface area contributed by atoms with Crippen molar-refractivity contribution >= 4 is 15.7 Å². The minimum atomic E-state index is -3.96. The van der Waals surface area contributed by atoms with Gasteiger partial charge in [-0.3, -0.25) is 0 Å². The van der Waals surface area contributed by atoms with E-state index in [1.165, 1.54) is 19.3 Å². The van der Waals surface area contributed by atoms with Gasteiger partial charge < -0.3 is 15.4 Å². The van der Waals surface area contributed by atoms with E-state index in [9.17, 15) is 8.42 Å². The summed E-state index contributed by atoms with van der Waals surface area (Å²) < 4.78 is 30.7. The van der Waals surface area contributed by atoms with Crippen molar-refractivity contribution in [2.24, 2.45) is 5.14 Å². The Balaban J connectivity index is 2.30. The van der Waals surface area contributed by atoms with Gasteiger partial charge in [0.05, 0.1) is 5.69 Å². The lowest BCUT2D eigenvalue weighted by atomic mass is 10.1. The van der Waals surface area contributed by atoms with Gasteiger partial charge >= 0.3 is 0 Å². The van der Waals surface area contributed by atoms with E-state index in [0.717, 1.165) is 37.9 Å². The molecule has 2 aromatic carbocycles. The lowest BCUT2D eigenvalue weighted by Gasteiger charge is -2.18. The number of anilines is 1. The summed E-state index contributed by atoms with van der Waals surface area (Å²) in [5.74, 6) is 0.800. The van der Waals surface area contributed by atoms with Gasteiger partial charge in [0.2, 0.25) is 10.0 Å². The Morgan fingerprint density at radius 2 is 1.67 bits per heavy atom. The van der Waals surface area contributed by atoms with Crippen LogP contribution >= 0.6 is 0 Å². The molecule has 0 aliphatic rings. The van der Waals surface area contributed by atoms with E-state index in [0.29, 0.717) is 18.0 Å². The molecule has 0 saturated heterocycles. The van der Waals surface area contributed by atoms with Gasteiger partial charge in [-0.15, -0.1) is 0 Å². The molecular weight excluding hydrogens is 398 g/mol. The molecule has 0 bridgehead atoms. The third-order valence-electron chi connectivity index (χ3n) is 4.77. The Morgan fingerprint density at radius 1 is 0.933 bits per heavy atom. The monoisotopic (exact) mass is 433 g/mol. The highest BCUT2D eigenvalue weighted by molar-refractivity contribution is 7.89. The van der Waals surface area contributed by atoms with Crippen LogP contribution in [0.15, 0.2) is 47.4 Å². The second-order valence-electron chi connectivity index (χ2n) is 7.45. The molecule has 0 saturated carbocycles. The molecule has 0 aliphatic carbocycles. The molecule has 30 heavy (non-hydrogen) atoms. The van der Waals surface area contributed by atoms with Crippen molar-refractivity contribution in [3.05, 3.63) is 48.0 Å². The number of hydrogen-bond acceptors (Lipinski definition) is 5. The highest BCUT2D eigenvalue weighted by Gasteiger charge is 2.21. The molecule has 0 amide bonds. The van der Waals surface area contributed by atoms with E-state index in [1.807, 2.05) is 24.3 Å². The maximum absolute atomic E-state index is 12.4. The average Bonchev–Trinajstić information content (AvgIpc) is 2.72. The lowest BCUT2D eigenvalue weighted by Crippen LogP contribution is -2.18. The molecule has 0 fully saturated rings. The predicted molar refractivity (Wildman–Crippen MR) is 124 cm³/mol. The number of rotatable bonds is 14. The Bertz CT molecular complexity index is 871. The van der Waals surface area contributed by atoms with Gasteiger partial charge in [-0.25, -0.2) is 13.6 Å². The Kier molecular flexibility index (Phi) is 10.1. The van der Waals surface area contributed by atoms with Crippen molar-refractivity contribution in [1.29, 1.82) is 0 Å². The van der Waals surface area contributed by atoms with E-state index in [-0.39, 0.29) is 10.6 Å². The smallest absolute Gasteiger partial charge is 0.241 e. The summed E-state index contributed by atoms with van der Waals surface area (Å²) in [6, 6.07) is 12.7. The minimum absolute atomic E-state index is 0.00404. The van der Waals surface area contributed by atoms with Crippen LogP contribution in [-0.4, -0.2) is 21.5 Å². The Morgan fingerprint density at radius 3 is 2.33 bits per heavy atom. The zero-order chi connectivity index (χ0) is 21.8. The molecule has 0 spiro atoms. The number of primary sulfonamides is 1. The van der Waals surface area contributed by atoms with Gasteiger partial charge in [0, 0.05) is 13.1 Å². The maximum Gasteiger partial charge on any atom is 0.241 e. The molecule has 6 nitrogen and oxygen atoms in total. The summed E-state index contributed by atoms with van der Waals surface area (Å²) in [6.45, 7) is 6.49. The second-order valence-corrected chi connectivity index (χ2v) is 8.98. The molecule has 2 rings (SSSR count). The highest BCUT2D eigenvalue weighted by atomic mass is 32.2. The highest BCUT2D eigenvalue weighted by Crippen LogP contribution is 2.37. The first-order valence-electron chi connectivity index (χ1n) is 10.8. The topological polar surface area (TPSA) is 93.4 Å². The largest absolute Gasteiger partial charge is 0.454 e. The van der Waals surface area contributed by atoms with Gasteiger partial charge in [-0.2, -0.15) is 0 Å². The zero-order valence-electron chi connectivity index (χ0n) is 18.1. The van der Waals surface area contributed by atoms with Crippen LogP contribution in [0.4, 0.5) is 5.69 Å². The van der Waals surface area contributed by atoms with Gasteiger partial charge in [-0.05, 0) is 49.2 Å². The molecule has 166 valence electrons. The summed E-state index contributed by atoms with van der Waals surface area (Å²) in [5.41, 5.74) is 1.50. The number of benzene rings is 2. The first-order chi connectivity index (χ1) is 14.5. The van der Waals surface area contributed by atoms with Gasteiger partial charge in [-0.1, -0.05) is 57.7 Å². The third-order valence-corrected chi connectivity index (χ3v) is 5.68. The second kappa shape index (κ2) is 12.6. The zero-order valence-corrected chi connectivity index (χ0v) is 18.9. The van der Waals surface area contributed by atoms with Crippen LogP contribution < -0.4 is 20.5 Å². The number of sulfonamides is 1. The first kappa shape index (κ1) is 24.2. The van der Waals surface area contributed by atoms with E-state index in [4.69, 9.17) is 9.88 Å². The van der Waals surface area contributed by atoms with Crippen molar-refractivity contribution < 1.29 is 13.2 Å². The van der Waals surface area contributed by atoms with E-state index in [1.54, 1.807) is 18.2 Å². The summed E-state index contributed by atoms with van der Waals surface area (Å²) >= 11 is 0. The van der Waals surface area contributed by atoms with Crippen LogP contribution in [0.3, 0.4) is 0 Å². The van der Waals surface area contributed by atoms with Crippen LogP contribution in [0.5, 0.6) is 11.5 Å².